The second-order valence-corrected chi connectivity index (χ2v) is 9.05. The summed E-state index contributed by atoms with van der Waals surface area (Å²) in [5.41, 5.74) is 3.60. The first-order valence-electron chi connectivity index (χ1n) is 9.73. The summed E-state index contributed by atoms with van der Waals surface area (Å²) in [7, 11) is -3.34. The van der Waals surface area contributed by atoms with Crippen molar-refractivity contribution in [2.45, 2.75) is 18.7 Å². The first kappa shape index (κ1) is 20.6. The van der Waals surface area contributed by atoms with Crippen molar-refractivity contribution in [2.75, 3.05) is 17.6 Å². The van der Waals surface area contributed by atoms with Gasteiger partial charge in [0.2, 0.25) is 5.89 Å². The molecule has 2 aromatic heterocycles. The number of nitrogens with zero attached hydrogens (tertiary/aromatic N) is 2. The average molecular weight is 439 g/mol. The van der Waals surface area contributed by atoms with E-state index < -0.39 is 9.84 Å². The molecular formula is C21H21N5O4S. The van der Waals surface area contributed by atoms with Gasteiger partial charge < -0.3 is 15.1 Å². The lowest BCUT2D eigenvalue weighted by Gasteiger charge is -2.07. The summed E-state index contributed by atoms with van der Waals surface area (Å²) in [5, 5.41) is 12.5. The Morgan fingerprint density at radius 3 is 2.77 bits per heavy atom. The summed E-state index contributed by atoms with van der Waals surface area (Å²) in [4.78, 5) is 16.5. The predicted molar refractivity (Wildman–Crippen MR) is 117 cm³/mol. The van der Waals surface area contributed by atoms with Crippen LogP contribution in [0.15, 0.2) is 58.0 Å². The van der Waals surface area contributed by atoms with Crippen LogP contribution < -0.4 is 10.6 Å². The summed E-state index contributed by atoms with van der Waals surface area (Å²) in [6, 6.07) is 11.6. The molecule has 4 rings (SSSR count). The first-order valence-corrected chi connectivity index (χ1v) is 11.4. The number of oxazole rings is 1. The van der Waals surface area contributed by atoms with E-state index in [-0.39, 0.29) is 16.7 Å². The molecule has 10 heteroatoms. The van der Waals surface area contributed by atoms with Gasteiger partial charge >= 0.3 is 6.03 Å². The third kappa shape index (κ3) is 4.15. The molecule has 0 bridgehead atoms. The highest BCUT2D eigenvalue weighted by molar-refractivity contribution is 7.91. The molecule has 9 nitrogen and oxygen atoms in total. The Morgan fingerprint density at radius 1 is 1.16 bits per heavy atom. The number of aromatic amines is 1. The zero-order valence-electron chi connectivity index (χ0n) is 17.0. The number of hydrogen-bond donors (Lipinski definition) is 3. The summed E-state index contributed by atoms with van der Waals surface area (Å²) >= 11 is 0. The second-order valence-electron chi connectivity index (χ2n) is 6.78. The Kier molecular flexibility index (Phi) is 5.47. The van der Waals surface area contributed by atoms with Crippen LogP contribution >= 0.6 is 0 Å². The Hall–Kier alpha value is -3.66. The van der Waals surface area contributed by atoms with Gasteiger partial charge in [-0.25, -0.2) is 18.2 Å². The van der Waals surface area contributed by atoms with Gasteiger partial charge in [-0.05, 0) is 37.3 Å². The second kappa shape index (κ2) is 8.23. The number of benzene rings is 2. The summed E-state index contributed by atoms with van der Waals surface area (Å²) < 4.78 is 30.2. The minimum absolute atomic E-state index is 0.00967. The molecule has 0 aliphatic carbocycles. The molecule has 31 heavy (non-hydrogen) atoms. The lowest BCUT2D eigenvalue weighted by atomic mass is 10.1. The van der Waals surface area contributed by atoms with Crippen LogP contribution in [0.25, 0.3) is 33.8 Å². The van der Waals surface area contributed by atoms with E-state index in [1.54, 1.807) is 31.3 Å². The van der Waals surface area contributed by atoms with Gasteiger partial charge in [0.05, 0.1) is 28.1 Å². The third-order valence-electron chi connectivity index (χ3n) is 4.71. The summed E-state index contributed by atoms with van der Waals surface area (Å²) in [6.07, 6.45) is 1.59. The number of hydrogen-bond acceptors (Lipinski definition) is 6. The minimum Gasteiger partial charge on any atom is -0.436 e. The van der Waals surface area contributed by atoms with E-state index in [1.165, 1.54) is 12.1 Å². The van der Waals surface area contributed by atoms with Gasteiger partial charge in [-0.1, -0.05) is 19.1 Å². The smallest absolute Gasteiger partial charge is 0.319 e. The number of rotatable bonds is 6. The molecule has 2 heterocycles. The van der Waals surface area contributed by atoms with Crippen molar-refractivity contribution < 1.29 is 17.6 Å². The molecule has 0 radical (unpaired) electrons. The third-order valence-corrected chi connectivity index (χ3v) is 6.45. The van der Waals surface area contributed by atoms with Crippen molar-refractivity contribution in [3.8, 4) is 22.7 Å². The molecule has 0 unspecified atom stereocenters. The van der Waals surface area contributed by atoms with Gasteiger partial charge in [0, 0.05) is 17.8 Å². The van der Waals surface area contributed by atoms with Crippen molar-refractivity contribution in [1.29, 1.82) is 0 Å². The Bertz CT molecular complexity index is 1360. The maximum absolute atomic E-state index is 12.2. The van der Waals surface area contributed by atoms with E-state index in [0.29, 0.717) is 40.5 Å². The van der Waals surface area contributed by atoms with E-state index in [4.69, 9.17) is 4.42 Å². The van der Waals surface area contributed by atoms with E-state index in [0.717, 1.165) is 5.56 Å². The molecule has 160 valence electrons. The van der Waals surface area contributed by atoms with Crippen LogP contribution in [0.5, 0.6) is 0 Å². The minimum atomic E-state index is -3.34. The summed E-state index contributed by atoms with van der Waals surface area (Å²) in [6.45, 7) is 3.96. The molecule has 0 atom stereocenters. The fourth-order valence-corrected chi connectivity index (χ4v) is 4.04. The van der Waals surface area contributed by atoms with E-state index in [9.17, 15) is 13.2 Å². The number of fused-ring (bicyclic) bond motifs is 1. The van der Waals surface area contributed by atoms with Gasteiger partial charge in [-0.3, -0.25) is 5.10 Å². The number of carbonyl (C=O) groups is 1. The predicted octanol–water partition coefficient (Wildman–Crippen LogP) is 3.82. The number of nitrogens with one attached hydrogen (secondary N) is 3. The Balaban J connectivity index is 1.70. The normalized spacial score (nSPS) is 11.5. The van der Waals surface area contributed by atoms with Crippen molar-refractivity contribution in [2.24, 2.45) is 0 Å². The number of H-pyrrole nitrogens is 1. The van der Waals surface area contributed by atoms with Crippen LogP contribution in [0.2, 0.25) is 0 Å². The molecule has 3 N–H and O–H groups in total. The maximum Gasteiger partial charge on any atom is 0.319 e. The highest BCUT2D eigenvalue weighted by Gasteiger charge is 2.18. The molecule has 0 saturated heterocycles. The largest absolute Gasteiger partial charge is 0.436 e. The van der Waals surface area contributed by atoms with Crippen molar-refractivity contribution in [3.05, 3.63) is 48.7 Å². The number of anilines is 1. The molecule has 0 aliphatic rings. The van der Waals surface area contributed by atoms with Crippen LogP contribution in [0.1, 0.15) is 13.8 Å². The number of carbonyl (C=O) groups excluding carboxylic acids is 1. The topological polar surface area (TPSA) is 130 Å². The highest BCUT2D eigenvalue weighted by atomic mass is 32.2. The van der Waals surface area contributed by atoms with Crippen molar-refractivity contribution >= 4 is 32.7 Å². The molecule has 0 spiro atoms. The molecule has 0 saturated carbocycles. The lowest BCUT2D eigenvalue weighted by Crippen LogP contribution is -2.28. The van der Waals surface area contributed by atoms with Gasteiger partial charge in [0.1, 0.15) is 5.52 Å². The quantitative estimate of drug-likeness (QED) is 0.419. The van der Waals surface area contributed by atoms with Gasteiger partial charge in [0.25, 0.3) is 0 Å². The number of amides is 2. The SMILES string of the molecule is CCNC(=O)Nc1cccc(-c2[nH]ncc2-c2nc3cc(S(=O)(=O)CC)ccc3o2)c1. The Morgan fingerprint density at radius 2 is 2.00 bits per heavy atom. The monoisotopic (exact) mass is 439 g/mol. The average Bonchev–Trinajstić information content (AvgIpc) is 3.40. The molecule has 0 fully saturated rings. The number of urea groups is 1. The van der Waals surface area contributed by atoms with Crippen LogP contribution in [0, 0.1) is 0 Å². The number of sulfone groups is 1. The lowest BCUT2D eigenvalue weighted by molar-refractivity contribution is 0.252. The fraction of sp³-hybridized carbons (Fsp3) is 0.190. The highest BCUT2D eigenvalue weighted by Crippen LogP contribution is 2.33. The maximum atomic E-state index is 12.2. The zero-order chi connectivity index (χ0) is 22.0. The van der Waals surface area contributed by atoms with E-state index in [2.05, 4.69) is 25.8 Å². The van der Waals surface area contributed by atoms with Crippen LogP contribution in [0.4, 0.5) is 10.5 Å². The standard InChI is InChI=1S/C21H21N5O4S/c1-3-22-21(27)24-14-7-5-6-13(10-14)19-16(12-23-26-19)20-25-17-11-15(31(28,29)4-2)8-9-18(17)30-20/h5-12H,3-4H2,1-2H3,(H,23,26)(H2,22,24,27). The molecule has 0 aliphatic heterocycles. The van der Waals surface area contributed by atoms with Gasteiger partial charge in [-0.15, -0.1) is 0 Å². The Labute approximate surface area is 178 Å². The first-order chi connectivity index (χ1) is 14.9. The zero-order valence-corrected chi connectivity index (χ0v) is 17.8. The number of aromatic nitrogens is 3. The van der Waals surface area contributed by atoms with Gasteiger partial charge in [0.15, 0.2) is 15.4 Å². The van der Waals surface area contributed by atoms with Crippen molar-refractivity contribution in [1.82, 2.24) is 20.5 Å². The van der Waals surface area contributed by atoms with E-state index >= 15 is 0 Å². The van der Waals surface area contributed by atoms with Crippen LogP contribution in [-0.2, 0) is 9.84 Å². The van der Waals surface area contributed by atoms with Gasteiger partial charge in [-0.2, -0.15) is 5.10 Å². The molecule has 2 aromatic carbocycles. The summed E-state index contributed by atoms with van der Waals surface area (Å²) in [5.74, 6) is 0.322. The van der Waals surface area contributed by atoms with Crippen LogP contribution in [-0.4, -0.2) is 41.9 Å². The molecular weight excluding hydrogens is 418 g/mol. The van der Waals surface area contributed by atoms with Crippen LogP contribution in [0.3, 0.4) is 0 Å². The molecule has 4 aromatic rings. The van der Waals surface area contributed by atoms with Crippen molar-refractivity contribution in [3.63, 3.8) is 0 Å². The molecule has 2 amide bonds. The fourth-order valence-electron chi connectivity index (χ4n) is 3.14. The van der Waals surface area contributed by atoms with E-state index in [1.807, 2.05) is 19.1 Å².